The molecule has 0 aromatic heterocycles. The van der Waals surface area contributed by atoms with Gasteiger partial charge in [0.2, 0.25) is 0 Å². The highest BCUT2D eigenvalue weighted by Gasteiger charge is 2.31. The van der Waals surface area contributed by atoms with Gasteiger partial charge in [-0.2, -0.15) is 0 Å². The lowest BCUT2D eigenvalue weighted by Crippen LogP contribution is -2.44. The average Bonchev–Trinajstić information content (AvgIpc) is 2.30. The van der Waals surface area contributed by atoms with E-state index in [1.165, 1.54) is 0 Å². The van der Waals surface area contributed by atoms with E-state index in [2.05, 4.69) is 0 Å². The van der Waals surface area contributed by atoms with Gasteiger partial charge < -0.3 is 19.3 Å². The minimum atomic E-state index is -0.435. The lowest BCUT2D eigenvalue weighted by Gasteiger charge is -2.33. The Morgan fingerprint density at radius 1 is 1.07 bits per heavy atom. The van der Waals surface area contributed by atoms with Gasteiger partial charge in [-0.15, -0.1) is 0 Å². The van der Waals surface area contributed by atoms with Crippen molar-refractivity contribution in [2.45, 2.75) is 25.0 Å². The van der Waals surface area contributed by atoms with Crippen molar-refractivity contribution in [3.63, 3.8) is 0 Å². The lowest BCUT2D eigenvalue weighted by atomic mass is 9.92. The summed E-state index contributed by atoms with van der Waals surface area (Å²) in [4.78, 5) is 0. The summed E-state index contributed by atoms with van der Waals surface area (Å²) in [5.41, 5.74) is 0. The van der Waals surface area contributed by atoms with Crippen LogP contribution in [-0.4, -0.2) is 50.3 Å². The summed E-state index contributed by atoms with van der Waals surface area (Å²) in [6.45, 7) is 3.23. The zero-order chi connectivity index (χ0) is 9.80. The molecule has 2 saturated heterocycles. The van der Waals surface area contributed by atoms with Gasteiger partial charge in [-0.3, -0.25) is 0 Å². The molecule has 3 atom stereocenters. The summed E-state index contributed by atoms with van der Waals surface area (Å²) < 4.78 is 16.1. The molecule has 2 fully saturated rings. The van der Waals surface area contributed by atoms with Gasteiger partial charge in [0.25, 0.3) is 0 Å². The van der Waals surface area contributed by atoms with Crippen LogP contribution in [0.2, 0.25) is 0 Å². The Morgan fingerprint density at radius 3 is 2.57 bits per heavy atom. The van der Waals surface area contributed by atoms with E-state index < -0.39 is 6.10 Å². The fraction of sp³-hybridized carbons (Fsp3) is 1.00. The Kier molecular flexibility index (Phi) is 3.75. The molecule has 0 aliphatic carbocycles. The van der Waals surface area contributed by atoms with Crippen LogP contribution >= 0.6 is 0 Å². The van der Waals surface area contributed by atoms with Gasteiger partial charge in [0, 0.05) is 12.5 Å². The topological polar surface area (TPSA) is 47.9 Å². The highest BCUT2D eigenvalue weighted by molar-refractivity contribution is 4.80. The smallest absolute Gasteiger partial charge is 0.107 e. The van der Waals surface area contributed by atoms with Crippen LogP contribution < -0.4 is 0 Å². The van der Waals surface area contributed by atoms with Crippen molar-refractivity contribution in [2.75, 3.05) is 33.0 Å². The first-order chi connectivity index (χ1) is 6.88. The first kappa shape index (κ1) is 10.4. The van der Waals surface area contributed by atoms with Gasteiger partial charge in [0.15, 0.2) is 0 Å². The average molecular weight is 202 g/mol. The first-order valence-corrected chi connectivity index (χ1v) is 5.33. The molecule has 2 aliphatic rings. The molecule has 1 N–H and O–H groups in total. The van der Waals surface area contributed by atoms with Crippen LogP contribution in [0.5, 0.6) is 0 Å². The number of ether oxygens (including phenoxy) is 3. The van der Waals surface area contributed by atoms with E-state index in [0.717, 1.165) is 19.4 Å². The summed E-state index contributed by atoms with van der Waals surface area (Å²) in [6.07, 6.45) is 1.47. The Labute approximate surface area is 84.1 Å². The van der Waals surface area contributed by atoms with E-state index in [9.17, 15) is 5.11 Å². The molecular formula is C10H18O4. The zero-order valence-corrected chi connectivity index (χ0v) is 8.35. The number of aliphatic hydroxyl groups excluding tert-OH is 1. The molecule has 14 heavy (non-hydrogen) atoms. The normalized spacial score (nSPS) is 36.6. The third-order valence-electron chi connectivity index (χ3n) is 2.90. The summed E-state index contributed by atoms with van der Waals surface area (Å²) in [5.74, 6) is 0.218. The molecule has 82 valence electrons. The van der Waals surface area contributed by atoms with E-state index >= 15 is 0 Å². The third kappa shape index (κ3) is 2.45. The molecule has 3 unspecified atom stereocenters. The maximum Gasteiger partial charge on any atom is 0.107 e. The van der Waals surface area contributed by atoms with Gasteiger partial charge in [0.05, 0.1) is 32.5 Å². The van der Waals surface area contributed by atoms with E-state index in [0.29, 0.717) is 26.4 Å². The first-order valence-electron chi connectivity index (χ1n) is 5.33. The predicted octanol–water partition coefficient (Wildman–Crippen LogP) is 0.189. The van der Waals surface area contributed by atoms with Crippen molar-refractivity contribution >= 4 is 0 Å². The van der Waals surface area contributed by atoms with Crippen LogP contribution in [0.4, 0.5) is 0 Å². The number of aliphatic hydroxyl groups is 1. The highest BCUT2D eigenvalue weighted by atomic mass is 16.6. The van der Waals surface area contributed by atoms with Crippen molar-refractivity contribution < 1.29 is 19.3 Å². The van der Waals surface area contributed by atoms with E-state index in [4.69, 9.17) is 14.2 Å². The molecule has 0 spiro atoms. The van der Waals surface area contributed by atoms with Crippen molar-refractivity contribution in [3.05, 3.63) is 0 Å². The fourth-order valence-electron chi connectivity index (χ4n) is 2.04. The highest BCUT2D eigenvalue weighted by Crippen LogP contribution is 2.22. The fourth-order valence-corrected chi connectivity index (χ4v) is 2.04. The molecular weight excluding hydrogens is 184 g/mol. The molecule has 0 radical (unpaired) electrons. The maximum absolute atomic E-state index is 10.0. The van der Waals surface area contributed by atoms with Crippen LogP contribution in [-0.2, 0) is 14.2 Å². The van der Waals surface area contributed by atoms with Crippen molar-refractivity contribution in [1.82, 2.24) is 0 Å². The largest absolute Gasteiger partial charge is 0.390 e. The Hall–Kier alpha value is -0.160. The van der Waals surface area contributed by atoms with Gasteiger partial charge in [-0.25, -0.2) is 0 Å². The molecule has 4 heteroatoms. The number of hydrogen-bond acceptors (Lipinski definition) is 4. The molecule has 0 aromatic carbocycles. The van der Waals surface area contributed by atoms with Crippen molar-refractivity contribution in [2.24, 2.45) is 5.92 Å². The van der Waals surface area contributed by atoms with E-state index in [-0.39, 0.29) is 12.0 Å². The summed E-state index contributed by atoms with van der Waals surface area (Å²) in [5, 5.41) is 10.0. The second kappa shape index (κ2) is 5.07. The van der Waals surface area contributed by atoms with Crippen LogP contribution in [0.25, 0.3) is 0 Å². The molecule has 0 saturated carbocycles. The third-order valence-corrected chi connectivity index (χ3v) is 2.90. The molecule has 4 nitrogen and oxygen atoms in total. The molecule has 2 heterocycles. The second-order valence-electron chi connectivity index (χ2n) is 3.95. The minimum Gasteiger partial charge on any atom is -0.390 e. The molecule has 2 aliphatic heterocycles. The minimum absolute atomic E-state index is 0.157. The maximum atomic E-state index is 10.0. The van der Waals surface area contributed by atoms with E-state index in [1.54, 1.807) is 0 Å². The van der Waals surface area contributed by atoms with Crippen LogP contribution in [0.15, 0.2) is 0 Å². The SMILES string of the molecule is OC(C1CCCOC1)C1COCCO1. The quantitative estimate of drug-likeness (QED) is 0.694. The Morgan fingerprint density at radius 2 is 1.93 bits per heavy atom. The van der Waals surface area contributed by atoms with Gasteiger partial charge in [-0.1, -0.05) is 0 Å². The van der Waals surface area contributed by atoms with E-state index in [1.807, 2.05) is 0 Å². The summed E-state index contributed by atoms with van der Waals surface area (Å²) in [6, 6.07) is 0. The van der Waals surface area contributed by atoms with Crippen molar-refractivity contribution in [3.8, 4) is 0 Å². The number of hydrogen-bond donors (Lipinski definition) is 1. The van der Waals surface area contributed by atoms with Gasteiger partial charge in [-0.05, 0) is 12.8 Å². The summed E-state index contributed by atoms with van der Waals surface area (Å²) in [7, 11) is 0. The molecule has 0 aromatic rings. The van der Waals surface area contributed by atoms with Crippen molar-refractivity contribution in [1.29, 1.82) is 0 Å². The Balaban J connectivity index is 1.82. The molecule has 0 amide bonds. The van der Waals surface area contributed by atoms with Crippen LogP contribution in [0.1, 0.15) is 12.8 Å². The standard InChI is InChI=1S/C10H18O4/c11-10(8-2-1-3-12-6-8)9-7-13-4-5-14-9/h8-11H,1-7H2. The predicted molar refractivity (Wildman–Crippen MR) is 50.1 cm³/mol. The van der Waals surface area contributed by atoms with Crippen LogP contribution in [0, 0.1) is 5.92 Å². The molecule has 2 rings (SSSR count). The van der Waals surface area contributed by atoms with Crippen LogP contribution in [0.3, 0.4) is 0 Å². The Bertz CT molecular complexity index is 144. The molecule has 0 bridgehead atoms. The number of rotatable bonds is 2. The lowest BCUT2D eigenvalue weighted by molar-refractivity contribution is -0.155. The monoisotopic (exact) mass is 202 g/mol. The zero-order valence-electron chi connectivity index (χ0n) is 8.35. The summed E-state index contributed by atoms with van der Waals surface area (Å²) >= 11 is 0. The second-order valence-corrected chi connectivity index (χ2v) is 3.95. The van der Waals surface area contributed by atoms with Gasteiger partial charge in [0.1, 0.15) is 6.10 Å². The van der Waals surface area contributed by atoms with Gasteiger partial charge >= 0.3 is 0 Å².